The van der Waals surface area contributed by atoms with Crippen LogP contribution in [0.1, 0.15) is 23.7 Å². The Bertz CT molecular complexity index is 649. The molecule has 6 heteroatoms. The van der Waals surface area contributed by atoms with E-state index in [0.717, 1.165) is 13.0 Å². The van der Waals surface area contributed by atoms with Crippen molar-refractivity contribution in [3.05, 3.63) is 52.4 Å². The molecule has 0 aliphatic heterocycles. The average Bonchev–Trinajstić information content (AvgIpc) is 2.49. The van der Waals surface area contributed by atoms with Gasteiger partial charge in [0.15, 0.2) is 0 Å². The molecule has 1 amide bonds. The molecule has 2 rings (SSSR count). The number of halogens is 2. The third-order valence-electron chi connectivity index (χ3n) is 2.75. The SMILES string of the molecule is CCCNc1cc(C(=O)Nc2cc(F)ccc2Br)ccn1. The maximum absolute atomic E-state index is 13.2. The summed E-state index contributed by atoms with van der Waals surface area (Å²) in [6.45, 7) is 2.83. The molecule has 0 saturated carbocycles. The first kappa shape index (κ1) is 15.4. The van der Waals surface area contributed by atoms with Gasteiger partial charge in [-0.3, -0.25) is 4.79 Å². The molecule has 1 heterocycles. The van der Waals surface area contributed by atoms with Crippen molar-refractivity contribution in [1.82, 2.24) is 4.98 Å². The number of benzene rings is 1. The molecule has 0 atom stereocenters. The average molecular weight is 352 g/mol. The highest BCUT2D eigenvalue weighted by Gasteiger charge is 2.10. The van der Waals surface area contributed by atoms with E-state index in [2.05, 4.69) is 31.5 Å². The number of hydrogen-bond donors (Lipinski definition) is 2. The first-order valence-corrected chi connectivity index (χ1v) is 7.35. The van der Waals surface area contributed by atoms with E-state index < -0.39 is 5.82 Å². The Kier molecular flexibility index (Phi) is 5.27. The Balaban J connectivity index is 2.14. The molecule has 2 aromatic rings. The Morgan fingerprint density at radius 3 is 2.90 bits per heavy atom. The van der Waals surface area contributed by atoms with E-state index in [4.69, 9.17) is 0 Å². The summed E-state index contributed by atoms with van der Waals surface area (Å²) in [5.74, 6) is -0.0837. The summed E-state index contributed by atoms with van der Waals surface area (Å²) in [6.07, 6.45) is 2.53. The number of anilines is 2. The van der Waals surface area contributed by atoms with E-state index in [1.807, 2.05) is 6.92 Å². The van der Waals surface area contributed by atoms with Gasteiger partial charge in [0, 0.05) is 22.8 Å². The zero-order valence-electron chi connectivity index (χ0n) is 11.5. The van der Waals surface area contributed by atoms with Gasteiger partial charge in [0.25, 0.3) is 5.91 Å². The normalized spacial score (nSPS) is 10.2. The monoisotopic (exact) mass is 351 g/mol. The highest BCUT2D eigenvalue weighted by atomic mass is 79.9. The first-order chi connectivity index (χ1) is 10.1. The molecule has 0 aliphatic rings. The second-order valence-electron chi connectivity index (χ2n) is 4.43. The molecular formula is C15H15BrFN3O. The Hall–Kier alpha value is -1.95. The lowest BCUT2D eigenvalue weighted by Gasteiger charge is -2.09. The van der Waals surface area contributed by atoms with Crippen molar-refractivity contribution >= 4 is 33.3 Å². The molecule has 0 bridgehead atoms. The smallest absolute Gasteiger partial charge is 0.255 e. The lowest BCUT2D eigenvalue weighted by Crippen LogP contribution is -2.13. The van der Waals surface area contributed by atoms with Gasteiger partial charge in [-0.25, -0.2) is 9.37 Å². The summed E-state index contributed by atoms with van der Waals surface area (Å²) in [5, 5.41) is 5.78. The molecular weight excluding hydrogens is 337 g/mol. The highest BCUT2D eigenvalue weighted by molar-refractivity contribution is 9.10. The number of rotatable bonds is 5. The van der Waals surface area contributed by atoms with Crippen LogP contribution in [0.5, 0.6) is 0 Å². The third kappa shape index (κ3) is 4.26. The number of carbonyl (C=O) groups is 1. The zero-order valence-corrected chi connectivity index (χ0v) is 13.1. The van der Waals surface area contributed by atoms with Crippen LogP contribution in [0.25, 0.3) is 0 Å². The minimum absolute atomic E-state index is 0.316. The summed E-state index contributed by atoms with van der Waals surface area (Å²) in [6, 6.07) is 7.40. The van der Waals surface area contributed by atoms with Gasteiger partial charge in [-0.2, -0.15) is 0 Å². The van der Waals surface area contributed by atoms with Crippen LogP contribution >= 0.6 is 15.9 Å². The van der Waals surface area contributed by atoms with Gasteiger partial charge in [-0.05, 0) is 52.7 Å². The van der Waals surface area contributed by atoms with Crippen LogP contribution in [-0.2, 0) is 0 Å². The largest absolute Gasteiger partial charge is 0.370 e. The van der Waals surface area contributed by atoms with E-state index >= 15 is 0 Å². The molecule has 0 saturated heterocycles. The van der Waals surface area contributed by atoms with Crippen molar-refractivity contribution in [2.24, 2.45) is 0 Å². The van der Waals surface area contributed by atoms with E-state index in [1.54, 1.807) is 24.4 Å². The van der Waals surface area contributed by atoms with Crippen LogP contribution in [0.15, 0.2) is 41.0 Å². The predicted octanol–water partition coefficient (Wildman–Crippen LogP) is 4.06. The lowest BCUT2D eigenvalue weighted by atomic mass is 10.2. The van der Waals surface area contributed by atoms with Gasteiger partial charge in [-0.15, -0.1) is 0 Å². The first-order valence-electron chi connectivity index (χ1n) is 6.56. The summed E-state index contributed by atoms with van der Waals surface area (Å²) in [7, 11) is 0. The standard InChI is InChI=1S/C15H15BrFN3O/c1-2-6-18-14-8-10(5-7-19-14)15(21)20-13-9-11(17)3-4-12(13)16/h3-5,7-9H,2,6H2,1H3,(H,18,19)(H,20,21). The molecule has 0 fully saturated rings. The van der Waals surface area contributed by atoms with E-state index in [-0.39, 0.29) is 5.91 Å². The predicted molar refractivity (Wildman–Crippen MR) is 85.1 cm³/mol. The summed E-state index contributed by atoms with van der Waals surface area (Å²) >= 11 is 3.27. The molecule has 2 N–H and O–H groups in total. The van der Waals surface area contributed by atoms with Crippen LogP contribution in [-0.4, -0.2) is 17.4 Å². The number of amides is 1. The van der Waals surface area contributed by atoms with Crippen molar-refractivity contribution in [2.45, 2.75) is 13.3 Å². The molecule has 1 aromatic carbocycles. The van der Waals surface area contributed by atoms with Gasteiger partial charge < -0.3 is 10.6 Å². The fraction of sp³-hybridized carbons (Fsp3) is 0.200. The summed E-state index contributed by atoms with van der Waals surface area (Å²) in [4.78, 5) is 16.3. The molecule has 1 aromatic heterocycles. The van der Waals surface area contributed by atoms with Crippen LogP contribution in [0.2, 0.25) is 0 Å². The Morgan fingerprint density at radius 1 is 1.33 bits per heavy atom. The second-order valence-corrected chi connectivity index (χ2v) is 5.29. The quantitative estimate of drug-likeness (QED) is 0.853. The number of nitrogens with one attached hydrogen (secondary N) is 2. The van der Waals surface area contributed by atoms with Crippen LogP contribution < -0.4 is 10.6 Å². The minimum Gasteiger partial charge on any atom is -0.370 e. The van der Waals surface area contributed by atoms with Crippen molar-refractivity contribution in [3.8, 4) is 0 Å². The van der Waals surface area contributed by atoms with E-state index in [1.165, 1.54) is 12.1 Å². The van der Waals surface area contributed by atoms with Crippen LogP contribution in [0.3, 0.4) is 0 Å². The molecule has 110 valence electrons. The second kappa shape index (κ2) is 7.17. The third-order valence-corrected chi connectivity index (χ3v) is 3.45. The van der Waals surface area contributed by atoms with Crippen molar-refractivity contribution in [2.75, 3.05) is 17.2 Å². The van der Waals surface area contributed by atoms with E-state index in [9.17, 15) is 9.18 Å². The van der Waals surface area contributed by atoms with Crippen molar-refractivity contribution in [1.29, 1.82) is 0 Å². The minimum atomic E-state index is -0.409. The molecule has 21 heavy (non-hydrogen) atoms. The molecule has 0 unspecified atom stereocenters. The number of hydrogen-bond acceptors (Lipinski definition) is 3. The number of aromatic nitrogens is 1. The number of nitrogens with zero attached hydrogens (tertiary/aromatic N) is 1. The van der Waals surface area contributed by atoms with Crippen molar-refractivity contribution < 1.29 is 9.18 Å². The molecule has 4 nitrogen and oxygen atoms in total. The van der Waals surface area contributed by atoms with Crippen molar-refractivity contribution in [3.63, 3.8) is 0 Å². The van der Waals surface area contributed by atoms with Gasteiger partial charge in [0.1, 0.15) is 11.6 Å². The maximum atomic E-state index is 13.2. The summed E-state index contributed by atoms with van der Waals surface area (Å²) < 4.78 is 13.8. The maximum Gasteiger partial charge on any atom is 0.255 e. The summed E-state index contributed by atoms with van der Waals surface area (Å²) in [5.41, 5.74) is 0.847. The van der Waals surface area contributed by atoms with Crippen LogP contribution in [0, 0.1) is 5.82 Å². The lowest BCUT2D eigenvalue weighted by molar-refractivity contribution is 0.102. The zero-order chi connectivity index (χ0) is 15.2. The molecule has 0 radical (unpaired) electrons. The Morgan fingerprint density at radius 2 is 2.14 bits per heavy atom. The van der Waals surface area contributed by atoms with Gasteiger partial charge >= 0.3 is 0 Å². The van der Waals surface area contributed by atoms with Gasteiger partial charge in [0.2, 0.25) is 0 Å². The van der Waals surface area contributed by atoms with E-state index in [0.29, 0.717) is 21.5 Å². The topological polar surface area (TPSA) is 54.0 Å². The molecule has 0 aliphatic carbocycles. The highest BCUT2D eigenvalue weighted by Crippen LogP contribution is 2.23. The van der Waals surface area contributed by atoms with Gasteiger partial charge in [-0.1, -0.05) is 6.92 Å². The van der Waals surface area contributed by atoms with Crippen LogP contribution in [0.4, 0.5) is 15.9 Å². The Labute approximate surface area is 130 Å². The number of pyridine rings is 1. The molecule has 0 spiro atoms. The number of carbonyl (C=O) groups excluding carboxylic acids is 1. The van der Waals surface area contributed by atoms with Gasteiger partial charge in [0.05, 0.1) is 5.69 Å². The fourth-order valence-corrected chi connectivity index (χ4v) is 2.06. The fourth-order valence-electron chi connectivity index (χ4n) is 1.71.